The molecular weight excluding hydrogens is 360 g/mol. The van der Waals surface area contributed by atoms with E-state index in [2.05, 4.69) is 36.6 Å². The number of benzene rings is 2. The van der Waals surface area contributed by atoms with Gasteiger partial charge in [-0.25, -0.2) is 13.2 Å². The quantitative estimate of drug-likeness (QED) is 0.727. The van der Waals surface area contributed by atoms with Crippen LogP contribution in [0.5, 0.6) is 0 Å². The summed E-state index contributed by atoms with van der Waals surface area (Å²) in [5.74, 6) is -0.131. The van der Waals surface area contributed by atoms with Gasteiger partial charge in [-0.05, 0) is 36.5 Å². The fourth-order valence-corrected chi connectivity index (χ4v) is 4.32. The van der Waals surface area contributed by atoms with Crippen molar-refractivity contribution in [1.82, 2.24) is 10.6 Å². The smallest absolute Gasteiger partial charge is 0.315 e. The average Bonchev–Trinajstić information content (AvgIpc) is 2.62. The molecule has 27 heavy (non-hydrogen) atoms. The Kier molecular flexibility index (Phi) is 7.02. The van der Waals surface area contributed by atoms with Crippen molar-refractivity contribution in [2.45, 2.75) is 43.5 Å². The molecule has 0 saturated heterocycles. The molecule has 146 valence electrons. The molecule has 0 saturated carbocycles. The molecule has 0 aromatic heterocycles. The fourth-order valence-electron chi connectivity index (χ4n) is 3.14. The molecule has 0 spiro atoms. The first-order valence-corrected chi connectivity index (χ1v) is 10.7. The van der Waals surface area contributed by atoms with Gasteiger partial charge in [-0.2, -0.15) is 0 Å². The lowest BCUT2D eigenvalue weighted by molar-refractivity contribution is 0.235. The summed E-state index contributed by atoms with van der Waals surface area (Å²) in [4.78, 5) is 12.3. The van der Waals surface area contributed by atoms with Crippen LogP contribution in [0.2, 0.25) is 0 Å². The van der Waals surface area contributed by atoms with Gasteiger partial charge >= 0.3 is 6.03 Å². The van der Waals surface area contributed by atoms with E-state index in [1.165, 1.54) is 5.56 Å². The summed E-state index contributed by atoms with van der Waals surface area (Å²) in [5.41, 5.74) is 1.14. The van der Waals surface area contributed by atoms with Crippen molar-refractivity contribution in [1.29, 1.82) is 0 Å². The molecule has 0 bridgehead atoms. The predicted octanol–water partition coefficient (Wildman–Crippen LogP) is 3.52. The molecule has 6 heteroatoms. The minimum Gasteiger partial charge on any atom is -0.337 e. The molecule has 5 nitrogen and oxygen atoms in total. The zero-order valence-electron chi connectivity index (χ0n) is 16.1. The van der Waals surface area contributed by atoms with E-state index in [0.29, 0.717) is 0 Å². The number of nitrogens with one attached hydrogen (secondary N) is 2. The first kappa shape index (κ1) is 21.0. The van der Waals surface area contributed by atoms with Gasteiger partial charge in [0.1, 0.15) is 0 Å². The number of carbonyl (C=O) groups is 1. The summed E-state index contributed by atoms with van der Waals surface area (Å²) in [6.07, 6.45) is 0.771. The van der Waals surface area contributed by atoms with Crippen LogP contribution in [-0.2, 0) is 15.3 Å². The van der Waals surface area contributed by atoms with Gasteiger partial charge in [-0.3, -0.25) is 0 Å². The maximum atomic E-state index is 12.2. The van der Waals surface area contributed by atoms with Crippen LogP contribution in [0.1, 0.15) is 32.8 Å². The third-order valence-electron chi connectivity index (χ3n) is 4.51. The Morgan fingerprint density at radius 2 is 1.56 bits per heavy atom. The summed E-state index contributed by atoms with van der Waals surface area (Å²) < 4.78 is 24.4. The van der Waals surface area contributed by atoms with Crippen molar-refractivity contribution >= 4 is 15.9 Å². The van der Waals surface area contributed by atoms with E-state index in [4.69, 9.17) is 0 Å². The van der Waals surface area contributed by atoms with E-state index >= 15 is 0 Å². The van der Waals surface area contributed by atoms with E-state index < -0.39 is 9.84 Å². The van der Waals surface area contributed by atoms with E-state index in [9.17, 15) is 13.2 Å². The highest BCUT2D eigenvalue weighted by Gasteiger charge is 2.24. The van der Waals surface area contributed by atoms with Gasteiger partial charge in [0.05, 0.1) is 10.6 Å². The Hall–Kier alpha value is -2.34. The summed E-state index contributed by atoms with van der Waals surface area (Å²) in [6.45, 7) is 6.30. The van der Waals surface area contributed by atoms with Crippen LogP contribution >= 0.6 is 0 Å². The second-order valence-corrected chi connectivity index (χ2v) is 9.50. The third kappa shape index (κ3) is 6.40. The number of amides is 2. The van der Waals surface area contributed by atoms with Gasteiger partial charge in [0.25, 0.3) is 0 Å². The lowest BCUT2D eigenvalue weighted by Crippen LogP contribution is -2.44. The number of urea groups is 1. The van der Waals surface area contributed by atoms with Crippen LogP contribution in [0.15, 0.2) is 65.6 Å². The van der Waals surface area contributed by atoms with Crippen molar-refractivity contribution in [2.75, 3.05) is 12.3 Å². The van der Waals surface area contributed by atoms with Crippen LogP contribution in [0.4, 0.5) is 4.79 Å². The van der Waals surface area contributed by atoms with Crippen molar-refractivity contribution in [3.63, 3.8) is 0 Å². The number of carbonyl (C=O) groups excluding carboxylic acids is 1. The van der Waals surface area contributed by atoms with Crippen molar-refractivity contribution < 1.29 is 13.2 Å². The predicted molar refractivity (Wildman–Crippen MR) is 109 cm³/mol. The topological polar surface area (TPSA) is 75.3 Å². The van der Waals surface area contributed by atoms with E-state index in [1.54, 1.807) is 30.3 Å². The Bertz CT molecular complexity index is 834. The Morgan fingerprint density at radius 1 is 1.00 bits per heavy atom. The molecule has 0 aliphatic heterocycles. The molecule has 1 atom stereocenters. The molecule has 0 fully saturated rings. The normalized spacial score (nSPS) is 13.0. The standard InChI is InChI=1S/C21H28N2O3S/c1-17(16-21(2,3)18-10-6-4-7-11-18)23-20(24)22-14-15-27(25,26)19-12-8-5-9-13-19/h4-13,17H,14-16H2,1-3H3,(H2,22,23,24). The molecular formula is C21H28N2O3S. The van der Waals surface area contributed by atoms with Gasteiger partial charge in [0, 0.05) is 12.6 Å². The number of hydrogen-bond donors (Lipinski definition) is 2. The van der Waals surface area contributed by atoms with E-state index in [1.807, 2.05) is 25.1 Å². The molecule has 0 aliphatic rings. The third-order valence-corrected chi connectivity index (χ3v) is 6.24. The summed E-state index contributed by atoms with van der Waals surface area (Å²) in [6, 6.07) is 18.0. The number of rotatable bonds is 8. The lowest BCUT2D eigenvalue weighted by atomic mass is 9.79. The average molecular weight is 389 g/mol. The molecule has 2 N–H and O–H groups in total. The van der Waals surface area contributed by atoms with Crippen LogP contribution in [0, 0.1) is 0 Å². The summed E-state index contributed by atoms with van der Waals surface area (Å²) in [5, 5.41) is 5.52. The van der Waals surface area contributed by atoms with E-state index in [-0.39, 0.29) is 34.7 Å². The zero-order chi connectivity index (χ0) is 19.9. The zero-order valence-corrected chi connectivity index (χ0v) is 16.9. The van der Waals surface area contributed by atoms with Crippen molar-refractivity contribution in [3.05, 3.63) is 66.2 Å². The lowest BCUT2D eigenvalue weighted by Gasteiger charge is -2.29. The highest BCUT2D eigenvalue weighted by Crippen LogP contribution is 2.28. The van der Waals surface area contributed by atoms with Gasteiger partial charge in [-0.1, -0.05) is 62.4 Å². The van der Waals surface area contributed by atoms with Gasteiger partial charge < -0.3 is 10.6 Å². The molecule has 0 aliphatic carbocycles. The minimum absolute atomic E-state index is 0.0501. The van der Waals surface area contributed by atoms with E-state index in [0.717, 1.165) is 6.42 Å². The summed E-state index contributed by atoms with van der Waals surface area (Å²) in [7, 11) is -3.39. The fraction of sp³-hybridized carbons (Fsp3) is 0.381. The molecule has 2 aromatic rings. The monoisotopic (exact) mass is 388 g/mol. The largest absolute Gasteiger partial charge is 0.337 e. The maximum Gasteiger partial charge on any atom is 0.315 e. The van der Waals surface area contributed by atoms with Crippen LogP contribution < -0.4 is 10.6 Å². The molecule has 0 radical (unpaired) electrons. The van der Waals surface area contributed by atoms with Gasteiger partial charge in [0.2, 0.25) is 0 Å². The second kappa shape index (κ2) is 9.04. The Labute approximate surface area is 162 Å². The van der Waals surface area contributed by atoms with Crippen molar-refractivity contribution in [3.8, 4) is 0 Å². The Morgan fingerprint density at radius 3 is 2.15 bits per heavy atom. The van der Waals surface area contributed by atoms with Crippen LogP contribution in [0.3, 0.4) is 0 Å². The second-order valence-electron chi connectivity index (χ2n) is 7.39. The maximum absolute atomic E-state index is 12.2. The number of hydrogen-bond acceptors (Lipinski definition) is 3. The van der Waals surface area contributed by atoms with Crippen molar-refractivity contribution in [2.24, 2.45) is 0 Å². The van der Waals surface area contributed by atoms with Crippen LogP contribution in [-0.4, -0.2) is 32.8 Å². The molecule has 0 heterocycles. The van der Waals surface area contributed by atoms with Crippen LogP contribution in [0.25, 0.3) is 0 Å². The highest BCUT2D eigenvalue weighted by atomic mass is 32.2. The minimum atomic E-state index is -3.39. The molecule has 2 amide bonds. The SMILES string of the molecule is CC(CC(C)(C)c1ccccc1)NC(=O)NCCS(=O)(=O)c1ccccc1. The molecule has 1 unspecified atom stereocenters. The Balaban J connectivity index is 1.80. The molecule has 2 aromatic carbocycles. The summed E-state index contributed by atoms with van der Waals surface area (Å²) >= 11 is 0. The first-order chi connectivity index (χ1) is 12.7. The highest BCUT2D eigenvalue weighted by molar-refractivity contribution is 7.91. The number of sulfone groups is 1. The van der Waals surface area contributed by atoms with Gasteiger partial charge in [-0.15, -0.1) is 0 Å². The van der Waals surface area contributed by atoms with Gasteiger partial charge in [0.15, 0.2) is 9.84 Å². The molecule has 2 rings (SSSR count). The first-order valence-electron chi connectivity index (χ1n) is 9.08.